The number of fused-ring (bicyclic) bond motifs is 1. The van der Waals surface area contributed by atoms with Gasteiger partial charge in [-0.25, -0.2) is 4.98 Å². The van der Waals surface area contributed by atoms with Gasteiger partial charge >= 0.3 is 0 Å². The molecule has 3 aromatic rings. The molecule has 0 unspecified atom stereocenters. The van der Waals surface area contributed by atoms with Gasteiger partial charge in [-0.2, -0.15) is 5.26 Å². The number of hydrogen-bond acceptors (Lipinski definition) is 4. The van der Waals surface area contributed by atoms with Crippen molar-refractivity contribution in [2.75, 3.05) is 10.6 Å². The summed E-state index contributed by atoms with van der Waals surface area (Å²) in [6.45, 7) is 0. The standard InChI is InChI=1S/C17H13N5O2/c18-7-5-16(24)21-12-3-1-11(2-4-12)14-9-15(20-10-23)22-17-13(14)6-8-19-17/h1-4,6,8-10H,5H2,(H,21,24)(H2,19,20,22,23). The molecular weight excluding hydrogens is 306 g/mol. The van der Waals surface area contributed by atoms with Crippen molar-refractivity contribution in [1.82, 2.24) is 9.97 Å². The molecule has 7 heteroatoms. The molecule has 118 valence electrons. The first-order valence-corrected chi connectivity index (χ1v) is 7.17. The fourth-order valence-electron chi connectivity index (χ4n) is 2.42. The number of nitriles is 1. The molecule has 0 bridgehead atoms. The van der Waals surface area contributed by atoms with E-state index in [1.807, 2.05) is 18.2 Å². The first kappa shape index (κ1) is 15.2. The molecule has 0 aliphatic rings. The largest absolute Gasteiger partial charge is 0.346 e. The Kier molecular flexibility index (Phi) is 4.21. The van der Waals surface area contributed by atoms with Crippen LogP contribution < -0.4 is 10.6 Å². The van der Waals surface area contributed by atoms with Gasteiger partial charge in [0.05, 0.1) is 6.07 Å². The molecule has 3 N–H and O–H groups in total. The lowest BCUT2D eigenvalue weighted by atomic mass is 10.0. The molecular formula is C17H13N5O2. The molecule has 2 aromatic heterocycles. The van der Waals surface area contributed by atoms with Crippen LogP contribution in [-0.2, 0) is 9.59 Å². The average molecular weight is 319 g/mol. The highest BCUT2D eigenvalue weighted by molar-refractivity contribution is 5.96. The number of pyridine rings is 1. The molecule has 0 fully saturated rings. The van der Waals surface area contributed by atoms with E-state index in [1.165, 1.54) is 0 Å². The van der Waals surface area contributed by atoms with E-state index in [9.17, 15) is 9.59 Å². The van der Waals surface area contributed by atoms with E-state index in [0.717, 1.165) is 16.5 Å². The number of amides is 2. The Bertz CT molecular complexity index is 938. The van der Waals surface area contributed by atoms with Crippen molar-refractivity contribution in [3.8, 4) is 17.2 Å². The smallest absolute Gasteiger partial charge is 0.238 e. The fourth-order valence-corrected chi connectivity index (χ4v) is 2.42. The molecule has 3 rings (SSSR count). The van der Waals surface area contributed by atoms with Crippen LogP contribution in [0.15, 0.2) is 42.6 Å². The van der Waals surface area contributed by atoms with Gasteiger partial charge in [0.1, 0.15) is 17.9 Å². The third kappa shape index (κ3) is 3.08. The Hall–Kier alpha value is -3.66. The van der Waals surface area contributed by atoms with Crippen molar-refractivity contribution in [2.24, 2.45) is 0 Å². The number of rotatable bonds is 5. The van der Waals surface area contributed by atoms with Gasteiger partial charge in [-0.3, -0.25) is 9.59 Å². The van der Waals surface area contributed by atoms with Gasteiger partial charge in [-0.1, -0.05) is 12.1 Å². The number of aromatic amines is 1. The lowest BCUT2D eigenvalue weighted by Gasteiger charge is -2.08. The van der Waals surface area contributed by atoms with E-state index in [-0.39, 0.29) is 12.3 Å². The molecule has 0 spiro atoms. The number of nitrogens with zero attached hydrogens (tertiary/aromatic N) is 2. The minimum absolute atomic E-state index is 0.184. The second kappa shape index (κ2) is 6.62. The monoisotopic (exact) mass is 319 g/mol. The Labute approximate surface area is 137 Å². The molecule has 24 heavy (non-hydrogen) atoms. The maximum absolute atomic E-state index is 11.4. The topological polar surface area (TPSA) is 111 Å². The summed E-state index contributed by atoms with van der Waals surface area (Å²) in [5.74, 6) is 0.0982. The minimum atomic E-state index is -0.348. The Morgan fingerprint density at radius 2 is 2.08 bits per heavy atom. The van der Waals surface area contributed by atoms with Crippen molar-refractivity contribution in [3.05, 3.63) is 42.6 Å². The molecule has 2 heterocycles. The summed E-state index contributed by atoms with van der Waals surface area (Å²) < 4.78 is 0. The number of carbonyl (C=O) groups is 2. The SMILES string of the molecule is N#CCC(=O)Nc1ccc(-c2cc(NC=O)nc3[nH]ccc23)cc1. The second-order valence-corrected chi connectivity index (χ2v) is 5.02. The van der Waals surface area contributed by atoms with E-state index < -0.39 is 0 Å². The van der Waals surface area contributed by atoms with E-state index in [1.54, 1.807) is 30.5 Å². The lowest BCUT2D eigenvalue weighted by Crippen LogP contribution is -2.09. The summed E-state index contributed by atoms with van der Waals surface area (Å²) in [4.78, 5) is 29.4. The van der Waals surface area contributed by atoms with E-state index in [4.69, 9.17) is 5.26 Å². The molecule has 7 nitrogen and oxygen atoms in total. The summed E-state index contributed by atoms with van der Waals surface area (Å²) in [6.07, 6.45) is 2.17. The highest BCUT2D eigenvalue weighted by Crippen LogP contribution is 2.30. The number of hydrogen-bond donors (Lipinski definition) is 3. The molecule has 1 aromatic carbocycles. The second-order valence-electron chi connectivity index (χ2n) is 5.02. The molecule has 0 saturated carbocycles. The number of benzene rings is 1. The van der Waals surface area contributed by atoms with Gasteiger partial charge in [0.25, 0.3) is 0 Å². The summed E-state index contributed by atoms with van der Waals surface area (Å²) in [5.41, 5.74) is 3.10. The van der Waals surface area contributed by atoms with Crippen LogP contribution >= 0.6 is 0 Å². The Morgan fingerprint density at radius 1 is 1.29 bits per heavy atom. The summed E-state index contributed by atoms with van der Waals surface area (Å²) in [5, 5.41) is 14.6. The van der Waals surface area contributed by atoms with Gasteiger partial charge < -0.3 is 15.6 Å². The van der Waals surface area contributed by atoms with Crippen LogP contribution in [0.3, 0.4) is 0 Å². The molecule has 0 aliphatic heterocycles. The Balaban J connectivity index is 1.95. The zero-order valence-corrected chi connectivity index (χ0v) is 12.5. The van der Waals surface area contributed by atoms with Gasteiger partial charge in [0.2, 0.25) is 12.3 Å². The zero-order valence-electron chi connectivity index (χ0n) is 12.5. The van der Waals surface area contributed by atoms with Gasteiger partial charge in [-0.15, -0.1) is 0 Å². The summed E-state index contributed by atoms with van der Waals surface area (Å²) in [6, 6.07) is 12.7. The third-order valence-corrected chi connectivity index (χ3v) is 3.45. The predicted molar refractivity (Wildman–Crippen MR) is 90.1 cm³/mol. The van der Waals surface area contributed by atoms with Crippen LogP contribution in [0.4, 0.5) is 11.5 Å². The Morgan fingerprint density at radius 3 is 2.79 bits per heavy atom. The maximum Gasteiger partial charge on any atom is 0.238 e. The first-order valence-electron chi connectivity index (χ1n) is 7.17. The van der Waals surface area contributed by atoms with E-state index in [2.05, 4.69) is 20.6 Å². The van der Waals surface area contributed by atoms with E-state index >= 15 is 0 Å². The number of aromatic nitrogens is 2. The van der Waals surface area contributed by atoms with Gasteiger partial charge in [0, 0.05) is 17.3 Å². The number of H-pyrrole nitrogens is 1. The lowest BCUT2D eigenvalue weighted by molar-refractivity contribution is -0.115. The molecule has 2 amide bonds. The average Bonchev–Trinajstić information content (AvgIpc) is 3.04. The maximum atomic E-state index is 11.4. The van der Waals surface area contributed by atoms with Crippen LogP contribution in [0, 0.1) is 11.3 Å². The minimum Gasteiger partial charge on any atom is -0.346 e. The molecule has 0 aliphatic carbocycles. The van der Waals surface area contributed by atoms with Crippen LogP contribution in [0.5, 0.6) is 0 Å². The van der Waals surface area contributed by atoms with Crippen LogP contribution in [0.25, 0.3) is 22.2 Å². The van der Waals surface area contributed by atoms with Crippen LogP contribution in [0.1, 0.15) is 6.42 Å². The van der Waals surface area contributed by atoms with Crippen molar-refractivity contribution in [1.29, 1.82) is 5.26 Å². The van der Waals surface area contributed by atoms with Gasteiger partial charge in [-0.05, 0) is 35.4 Å². The quantitative estimate of drug-likeness (QED) is 0.628. The summed E-state index contributed by atoms with van der Waals surface area (Å²) in [7, 11) is 0. The number of anilines is 2. The molecule has 0 saturated heterocycles. The molecule has 0 radical (unpaired) electrons. The van der Waals surface area contributed by atoms with Crippen molar-refractivity contribution in [2.45, 2.75) is 6.42 Å². The molecule has 0 atom stereocenters. The van der Waals surface area contributed by atoms with Crippen molar-refractivity contribution in [3.63, 3.8) is 0 Å². The third-order valence-electron chi connectivity index (χ3n) is 3.45. The highest BCUT2D eigenvalue weighted by atomic mass is 16.1. The van der Waals surface area contributed by atoms with Crippen molar-refractivity contribution < 1.29 is 9.59 Å². The highest BCUT2D eigenvalue weighted by Gasteiger charge is 2.09. The van der Waals surface area contributed by atoms with Crippen molar-refractivity contribution >= 4 is 34.9 Å². The number of nitrogens with one attached hydrogen (secondary N) is 3. The van der Waals surface area contributed by atoms with E-state index in [0.29, 0.717) is 23.6 Å². The number of carbonyl (C=O) groups excluding carboxylic acids is 2. The predicted octanol–water partition coefficient (Wildman–Crippen LogP) is 2.65. The van der Waals surface area contributed by atoms with Crippen LogP contribution in [-0.4, -0.2) is 22.3 Å². The normalized spacial score (nSPS) is 10.1. The summed E-state index contributed by atoms with van der Waals surface area (Å²) >= 11 is 0. The first-order chi connectivity index (χ1) is 11.7. The fraction of sp³-hybridized carbons (Fsp3) is 0.0588. The zero-order chi connectivity index (χ0) is 16.9. The van der Waals surface area contributed by atoms with Gasteiger partial charge in [0.15, 0.2) is 0 Å². The van der Waals surface area contributed by atoms with Crippen LogP contribution in [0.2, 0.25) is 0 Å².